The fraction of sp³-hybridized carbons (Fsp3) is 0.158. The molecule has 0 atom stereocenters. The molecule has 0 aliphatic carbocycles. The summed E-state index contributed by atoms with van der Waals surface area (Å²) in [6, 6.07) is 15.7. The molecule has 0 saturated carbocycles. The van der Waals surface area contributed by atoms with Gasteiger partial charge < -0.3 is 0 Å². The van der Waals surface area contributed by atoms with Crippen molar-refractivity contribution in [3.8, 4) is 5.69 Å². The molecule has 1 heterocycles. The first-order valence-electron chi connectivity index (χ1n) is 7.79. The van der Waals surface area contributed by atoms with Crippen molar-refractivity contribution < 1.29 is 0 Å². The van der Waals surface area contributed by atoms with Crippen molar-refractivity contribution >= 4 is 11.9 Å². The summed E-state index contributed by atoms with van der Waals surface area (Å²) in [5, 5.41) is 7.30. The molecule has 0 aliphatic rings. The third kappa shape index (κ3) is 3.15. The van der Waals surface area contributed by atoms with Crippen LogP contribution in [0.2, 0.25) is 0 Å². The molecule has 0 fully saturated rings. The van der Waals surface area contributed by atoms with Gasteiger partial charge in [-0.05, 0) is 44.5 Å². The summed E-state index contributed by atoms with van der Waals surface area (Å²) >= 11 is 0. The Bertz CT molecular complexity index is 933. The van der Waals surface area contributed by atoms with Crippen LogP contribution in [0.3, 0.4) is 0 Å². The van der Waals surface area contributed by atoms with Gasteiger partial charge in [-0.25, -0.2) is 4.68 Å². The lowest BCUT2D eigenvalue weighted by Crippen LogP contribution is -2.17. The molecule has 0 bridgehead atoms. The summed E-state index contributed by atoms with van der Waals surface area (Å²) < 4.78 is 1.53. The highest BCUT2D eigenvalue weighted by atomic mass is 16.1. The molecule has 2 N–H and O–H groups in total. The number of aromatic amines is 1. The van der Waals surface area contributed by atoms with E-state index >= 15 is 0 Å². The monoisotopic (exact) mass is 320 g/mol. The molecule has 3 aromatic rings. The van der Waals surface area contributed by atoms with Gasteiger partial charge in [-0.1, -0.05) is 35.9 Å². The van der Waals surface area contributed by atoms with Crippen molar-refractivity contribution in [3.05, 3.63) is 81.3 Å². The molecular formula is C19H20N4O. The van der Waals surface area contributed by atoms with Gasteiger partial charge in [0.1, 0.15) is 0 Å². The van der Waals surface area contributed by atoms with Crippen LogP contribution in [-0.4, -0.2) is 16.0 Å². The average Bonchev–Trinajstić information content (AvgIpc) is 2.85. The number of hydrogen-bond acceptors (Lipinski definition) is 3. The number of aromatic nitrogens is 2. The minimum Gasteiger partial charge on any atom is -0.295 e. The van der Waals surface area contributed by atoms with Crippen LogP contribution < -0.4 is 11.0 Å². The Morgan fingerprint density at radius 2 is 1.75 bits per heavy atom. The molecule has 3 rings (SSSR count). The lowest BCUT2D eigenvalue weighted by atomic mass is 10.2. The number of nitrogens with one attached hydrogen (secondary N) is 2. The zero-order valence-corrected chi connectivity index (χ0v) is 14.0. The van der Waals surface area contributed by atoms with Crippen LogP contribution >= 0.6 is 0 Å². The summed E-state index contributed by atoms with van der Waals surface area (Å²) in [4.78, 5) is 12.6. The standard InChI is InChI=1S/C19H20N4O/c1-13-8-10-16(11-9-13)23-19(24)17(15(3)22-23)12-20-21-18-7-5-4-6-14(18)2/h4-12,21-22H,1-3H3/b20-12-. The predicted molar refractivity (Wildman–Crippen MR) is 98.3 cm³/mol. The van der Waals surface area contributed by atoms with Crippen LogP contribution in [0.5, 0.6) is 0 Å². The Balaban J connectivity index is 1.87. The van der Waals surface area contributed by atoms with Gasteiger partial charge in [0.2, 0.25) is 0 Å². The second kappa shape index (κ2) is 6.58. The molecule has 1 aromatic heterocycles. The van der Waals surface area contributed by atoms with E-state index in [0.29, 0.717) is 5.56 Å². The molecule has 0 unspecified atom stereocenters. The Morgan fingerprint density at radius 3 is 2.46 bits per heavy atom. The number of nitrogens with zero attached hydrogens (tertiary/aromatic N) is 2. The van der Waals surface area contributed by atoms with Gasteiger partial charge in [-0.15, -0.1) is 0 Å². The summed E-state index contributed by atoms with van der Waals surface area (Å²) in [5.41, 5.74) is 8.14. The molecule has 5 heteroatoms. The van der Waals surface area contributed by atoms with E-state index in [1.54, 1.807) is 6.21 Å². The zero-order chi connectivity index (χ0) is 17.1. The first-order valence-corrected chi connectivity index (χ1v) is 7.79. The van der Waals surface area contributed by atoms with Gasteiger partial charge in [0.15, 0.2) is 0 Å². The van der Waals surface area contributed by atoms with E-state index in [4.69, 9.17) is 0 Å². The van der Waals surface area contributed by atoms with E-state index in [1.807, 2.05) is 69.3 Å². The topological polar surface area (TPSA) is 62.2 Å². The molecule has 0 aliphatic heterocycles. The van der Waals surface area contributed by atoms with Crippen LogP contribution in [0, 0.1) is 20.8 Å². The summed E-state index contributed by atoms with van der Waals surface area (Å²) in [6.45, 7) is 5.88. The van der Waals surface area contributed by atoms with Gasteiger partial charge in [-0.2, -0.15) is 5.10 Å². The SMILES string of the molecule is Cc1ccc(-n2[nH]c(C)c(/C=N\Nc3ccccc3C)c2=O)cc1. The maximum atomic E-state index is 12.6. The van der Waals surface area contributed by atoms with Gasteiger partial charge in [0.05, 0.1) is 23.2 Å². The summed E-state index contributed by atoms with van der Waals surface area (Å²) in [7, 11) is 0. The quantitative estimate of drug-likeness (QED) is 0.570. The average molecular weight is 320 g/mol. The highest BCUT2D eigenvalue weighted by Crippen LogP contribution is 2.13. The Labute approximate surface area is 140 Å². The lowest BCUT2D eigenvalue weighted by molar-refractivity contribution is 0.835. The Kier molecular flexibility index (Phi) is 4.33. The fourth-order valence-electron chi connectivity index (χ4n) is 2.45. The third-order valence-corrected chi connectivity index (χ3v) is 3.93. The van der Waals surface area contributed by atoms with Crippen LogP contribution in [0.25, 0.3) is 5.69 Å². The number of benzene rings is 2. The summed E-state index contributed by atoms with van der Waals surface area (Å²) in [5.74, 6) is 0. The van der Waals surface area contributed by atoms with Gasteiger partial charge >= 0.3 is 0 Å². The minimum atomic E-state index is -0.119. The van der Waals surface area contributed by atoms with Crippen molar-refractivity contribution in [1.82, 2.24) is 9.78 Å². The van der Waals surface area contributed by atoms with E-state index in [-0.39, 0.29) is 5.56 Å². The second-order valence-corrected chi connectivity index (χ2v) is 5.81. The van der Waals surface area contributed by atoms with Crippen molar-refractivity contribution in [2.75, 3.05) is 5.43 Å². The van der Waals surface area contributed by atoms with Crippen molar-refractivity contribution in [1.29, 1.82) is 0 Å². The number of aryl methyl sites for hydroxylation is 3. The molecule has 0 spiro atoms. The van der Waals surface area contributed by atoms with Gasteiger partial charge in [0, 0.05) is 5.69 Å². The normalized spacial score (nSPS) is 11.1. The predicted octanol–water partition coefficient (Wildman–Crippen LogP) is 3.54. The molecule has 0 radical (unpaired) electrons. The van der Waals surface area contributed by atoms with Crippen LogP contribution in [0.4, 0.5) is 5.69 Å². The number of hydrogen-bond donors (Lipinski definition) is 2. The largest absolute Gasteiger partial charge is 0.295 e. The van der Waals surface area contributed by atoms with Crippen LogP contribution in [0.15, 0.2) is 58.4 Å². The van der Waals surface area contributed by atoms with E-state index in [0.717, 1.165) is 28.2 Å². The Morgan fingerprint density at radius 1 is 1.04 bits per heavy atom. The molecule has 0 saturated heterocycles. The van der Waals surface area contributed by atoms with E-state index < -0.39 is 0 Å². The molecule has 0 amide bonds. The first kappa shape index (κ1) is 15.8. The van der Waals surface area contributed by atoms with Crippen molar-refractivity contribution in [2.45, 2.75) is 20.8 Å². The van der Waals surface area contributed by atoms with Gasteiger partial charge in [-0.3, -0.25) is 15.3 Å². The van der Waals surface area contributed by atoms with E-state index in [2.05, 4.69) is 15.6 Å². The Hall–Kier alpha value is -3.08. The van der Waals surface area contributed by atoms with E-state index in [1.165, 1.54) is 4.68 Å². The summed E-state index contributed by atoms with van der Waals surface area (Å²) in [6.07, 6.45) is 1.56. The second-order valence-electron chi connectivity index (χ2n) is 5.81. The number of rotatable bonds is 4. The van der Waals surface area contributed by atoms with E-state index in [9.17, 15) is 4.79 Å². The maximum absolute atomic E-state index is 12.6. The number of anilines is 1. The molecule has 24 heavy (non-hydrogen) atoms. The maximum Gasteiger partial charge on any atom is 0.280 e. The van der Waals surface area contributed by atoms with Gasteiger partial charge in [0.25, 0.3) is 5.56 Å². The van der Waals surface area contributed by atoms with Crippen LogP contribution in [-0.2, 0) is 0 Å². The zero-order valence-electron chi connectivity index (χ0n) is 14.0. The molecule has 122 valence electrons. The van der Waals surface area contributed by atoms with Crippen molar-refractivity contribution in [2.24, 2.45) is 5.10 Å². The number of para-hydroxylation sites is 1. The smallest absolute Gasteiger partial charge is 0.280 e. The van der Waals surface area contributed by atoms with Crippen LogP contribution in [0.1, 0.15) is 22.4 Å². The fourth-order valence-corrected chi connectivity index (χ4v) is 2.45. The lowest BCUT2D eigenvalue weighted by Gasteiger charge is -2.02. The molecular weight excluding hydrogens is 300 g/mol. The minimum absolute atomic E-state index is 0.119. The number of hydrazone groups is 1. The highest BCUT2D eigenvalue weighted by Gasteiger charge is 2.10. The number of H-pyrrole nitrogens is 1. The first-order chi connectivity index (χ1) is 11.6. The molecule has 5 nitrogen and oxygen atoms in total. The molecule has 2 aromatic carbocycles. The highest BCUT2D eigenvalue weighted by molar-refractivity contribution is 5.81. The third-order valence-electron chi connectivity index (χ3n) is 3.93. The van der Waals surface area contributed by atoms with Crippen molar-refractivity contribution in [3.63, 3.8) is 0 Å².